The Morgan fingerprint density at radius 1 is 1.86 bits per heavy atom. The van der Waals surface area contributed by atoms with Crippen LogP contribution in [0.25, 0.3) is 0 Å². The van der Waals surface area contributed by atoms with Gasteiger partial charge in [0.1, 0.15) is 6.04 Å². The van der Waals surface area contributed by atoms with Crippen molar-refractivity contribution >= 4 is 33.3 Å². The second-order valence-corrected chi connectivity index (χ2v) is 1.13. The summed E-state index contributed by atoms with van der Waals surface area (Å²) >= 11 is 0. The minimum absolute atomic E-state index is 0. The Kier molecular flexibility index (Phi) is 6.67. The number of carboxylic acid groups (broad SMARTS) is 1. The monoisotopic (exact) mass is 299 g/mol. The zero-order valence-electron chi connectivity index (χ0n) is 4.22. The molecule has 0 heterocycles. The average molecular weight is 298 g/mol. The van der Waals surface area contributed by atoms with Crippen LogP contribution in [0.2, 0.25) is 0 Å². The van der Waals surface area contributed by atoms with Gasteiger partial charge < -0.3 is 10.8 Å². The molecule has 4 heteroatoms. The van der Waals surface area contributed by atoms with Crippen LogP contribution < -0.4 is 5.73 Å². The average Bonchev–Trinajstić information content (AvgIpc) is 1.36. The third-order valence-electron chi connectivity index (χ3n) is 0.390. The Morgan fingerprint density at radius 2 is 2.00 bits per heavy atom. The number of aliphatic carboxylic acids is 1. The normalized spacial score (nSPS) is 11.7. The Labute approximate surface area is 62.0 Å². The number of hydrogen-bond donors (Lipinski definition) is 2. The van der Waals surface area contributed by atoms with Crippen LogP contribution in [-0.2, 0) is 4.79 Å². The van der Waals surface area contributed by atoms with Crippen LogP contribution in [0.1, 0.15) is 6.92 Å². The summed E-state index contributed by atoms with van der Waals surface area (Å²) in [6.07, 6.45) is 0. The zero-order chi connectivity index (χ0) is 5.15. The van der Waals surface area contributed by atoms with Gasteiger partial charge in [0, 0.05) is 0 Å². The molecule has 1 atom stereocenters. The quantitative estimate of drug-likeness (QED) is 0.579. The fraction of sp³-hybridized carbons (Fsp3) is 0.667. The van der Waals surface area contributed by atoms with Crippen molar-refractivity contribution in [2.24, 2.45) is 5.73 Å². The molecule has 0 aromatic heterocycles. The molecule has 0 saturated heterocycles. The van der Waals surface area contributed by atoms with Gasteiger partial charge in [-0.15, -0.1) is 0 Å². The van der Waals surface area contributed by atoms with E-state index in [0.29, 0.717) is 0 Å². The van der Waals surface area contributed by atoms with E-state index >= 15 is 0 Å². The van der Waals surface area contributed by atoms with Crippen LogP contribution in [0.5, 0.6) is 0 Å². The van der Waals surface area contributed by atoms with E-state index in [1.165, 1.54) is 6.92 Å². The Morgan fingerprint density at radius 3 is 2.00 bits per heavy atom. The summed E-state index contributed by atoms with van der Waals surface area (Å²) < 4.78 is 0. The van der Waals surface area contributed by atoms with Gasteiger partial charge in [0.15, 0.2) is 0 Å². The minimum atomic E-state index is -0.963. The molecule has 0 bridgehead atoms. The van der Waals surface area contributed by atoms with Gasteiger partial charge >= 0.3 is 33.3 Å². The van der Waals surface area contributed by atoms with Crippen molar-refractivity contribution in [3.63, 3.8) is 0 Å². The SMILES string of the molecule is CC(N)C(=O)O.[PbH2]. The molecule has 0 aliphatic rings. The van der Waals surface area contributed by atoms with Crippen LogP contribution in [0.4, 0.5) is 0 Å². The fourth-order valence-corrected chi connectivity index (χ4v) is 0. The first kappa shape index (κ1) is 10.4. The van der Waals surface area contributed by atoms with Gasteiger partial charge in [-0.3, -0.25) is 4.79 Å². The maximum absolute atomic E-state index is 9.57. The molecule has 0 aliphatic carbocycles. The summed E-state index contributed by atoms with van der Waals surface area (Å²) in [5.41, 5.74) is 4.84. The molecule has 2 radical (unpaired) electrons. The second kappa shape index (κ2) is 4.51. The van der Waals surface area contributed by atoms with E-state index in [2.05, 4.69) is 0 Å². The molecule has 0 saturated carbocycles. The molecule has 0 fully saturated rings. The first-order valence-electron chi connectivity index (χ1n) is 1.63. The molecular weight excluding hydrogens is 289 g/mol. The Balaban J connectivity index is 0. The third kappa shape index (κ3) is 6.35. The molecule has 7 heavy (non-hydrogen) atoms. The van der Waals surface area contributed by atoms with E-state index < -0.39 is 12.0 Å². The fourth-order valence-electron chi connectivity index (χ4n) is 0. The van der Waals surface area contributed by atoms with Crippen molar-refractivity contribution in [1.29, 1.82) is 0 Å². The molecule has 0 aliphatic heterocycles. The van der Waals surface area contributed by atoms with Crippen molar-refractivity contribution in [3.8, 4) is 0 Å². The maximum atomic E-state index is 9.57. The van der Waals surface area contributed by atoms with Crippen molar-refractivity contribution in [2.75, 3.05) is 0 Å². The summed E-state index contributed by atoms with van der Waals surface area (Å²) in [6, 6.07) is -0.731. The zero-order valence-corrected chi connectivity index (χ0v) is 9.71. The van der Waals surface area contributed by atoms with Gasteiger partial charge in [0.25, 0.3) is 0 Å². The predicted molar refractivity (Wildman–Crippen MR) is 29.8 cm³/mol. The number of hydrogen-bond acceptors (Lipinski definition) is 2. The molecule has 3 N–H and O–H groups in total. The van der Waals surface area contributed by atoms with E-state index in [1.54, 1.807) is 0 Å². The molecule has 0 rings (SSSR count). The third-order valence-corrected chi connectivity index (χ3v) is 0.390. The first-order valence-corrected chi connectivity index (χ1v) is 1.63. The summed E-state index contributed by atoms with van der Waals surface area (Å²) in [6.45, 7) is 1.42. The van der Waals surface area contributed by atoms with Crippen molar-refractivity contribution < 1.29 is 9.90 Å². The van der Waals surface area contributed by atoms with Gasteiger partial charge in [-0.05, 0) is 6.92 Å². The van der Waals surface area contributed by atoms with Crippen LogP contribution >= 0.6 is 0 Å². The molecular formula is C3H9NO2Pb. The van der Waals surface area contributed by atoms with Crippen LogP contribution in [0, 0.1) is 0 Å². The van der Waals surface area contributed by atoms with Crippen LogP contribution in [0.15, 0.2) is 0 Å². The summed E-state index contributed by atoms with van der Waals surface area (Å²) in [7, 11) is 0. The van der Waals surface area contributed by atoms with Crippen molar-refractivity contribution in [1.82, 2.24) is 0 Å². The van der Waals surface area contributed by atoms with Crippen LogP contribution in [-0.4, -0.2) is 44.4 Å². The van der Waals surface area contributed by atoms with Gasteiger partial charge in [0.2, 0.25) is 0 Å². The predicted octanol–water partition coefficient (Wildman–Crippen LogP) is -1.50. The van der Waals surface area contributed by atoms with Crippen molar-refractivity contribution in [2.45, 2.75) is 13.0 Å². The number of nitrogens with two attached hydrogens (primary N) is 1. The Hall–Kier alpha value is 0.352. The molecule has 0 aromatic rings. The second-order valence-electron chi connectivity index (χ2n) is 1.13. The molecule has 3 nitrogen and oxygen atoms in total. The van der Waals surface area contributed by atoms with Gasteiger partial charge in [0.05, 0.1) is 0 Å². The molecule has 0 aromatic carbocycles. The first-order chi connectivity index (χ1) is 2.64. The summed E-state index contributed by atoms with van der Waals surface area (Å²) in [4.78, 5) is 9.57. The number of carboxylic acids is 1. The van der Waals surface area contributed by atoms with E-state index in [0.717, 1.165) is 0 Å². The molecule has 0 amide bonds. The van der Waals surface area contributed by atoms with Gasteiger partial charge in [-0.2, -0.15) is 0 Å². The summed E-state index contributed by atoms with van der Waals surface area (Å²) in [5.74, 6) is -0.963. The van der Waals surface area contributed by atoms with E-state index in [4.69, 9.17) is 10.8 Å². The van der Waals surface area contributed by atoms with E-state index in [9.17, 15) is 4.79 Å². The molecule has 42 valence electrons. The van der Waals surface area contributed by atoms with Gasteiger partial charge in [-0.25, -0.2) is 0 Å². The van der Waals surface area contributed by atoms with E-state index in [1.807, 2.05) is 0 Å². The summed E-state index contributed by atoms with van der Waals surface area (Å²) in [5, 5.41) is 7.87. The van der Waals surface area contributed by atoms with E-state index in [-0.39, 0.29) is 27.3 Å². The van der Waals surface area contributed by atoms with Crippen LogP contribution in [0.3, 0.4) is 0 Å². The number of carbonyl (C=O) groups is 1. The Bertz CT molecular complexity index is 64.0. The number of rotatable bonds is 1. The standard InChI is InChI=1S/C3H7NO2.Pb.2H/c1-2(4)3(5)6;;;/h2H,4H2,1H3,(H,5,6);;;. The van der Waals surface area contributed by atoms with Gasteiger partial charge in [-0.1, -0.05) is 0 Å². The topological polar surface area (TPSA) is 63.3 Å². The molecule has 1 unspecified atom stereocenters. The molecule has 0 spiro atoms. The van der Waals surface area contributed by atoms with Crippen molar-refractivity contribution in [3.05, 3.63) is 0 Å².